The molecule has 0 aliphatic heterocycles. The van der Waals surface area contributed by atoms with Crippen molar-refractivity contribution in [3.05, 3.63) is 63.7 Å². The average molecular weight is 530 g/mol. The first-order chi connectivity index (χ1) is 13.0. The third-order valence-electron chi connectivity index (χ3n) is 3.28. The Morgan fingerprint density at radius 2 is 1.36 bits per heavy atom. The molecule has 28 heavy (non-hydrogen) atoms. The number of hydrogen-bond acceptors (Lipinski definition) is 2. The molecule has 2 nitrogen and oxygen atoms in total. The van der Waals surface area contributed by atoms with Gasteiger partial charge in [-0.15, -0.1) is 8.78 Å². The van der Waals surface area contributed by atoms with E-state index >= 15 is 0 Å². The first kappa shape index (κ1) is 26.6. The Hall–Kier alpha value is -1.41. The highest BCUT2D eigenvalue weighted by molar-refractivity contribution is 9.08. The summed E-state index contributed by atoms with van der Waals surface area (Å²) in [5.74, 6) is 0.280. The van der Waals surface area contributed by atoms with E-state index in [2.05, 4.69) is 68.6 Å². The second kappa shape index (κ2) is 13.7. The fraction of sp³-hybridized carbons (Fsp3) is 0.350. The van der Waals surface area contributed by atoms with Crippen LogP contribution in [0.1, 0.15) is 33.4 Å². The van der Waals surface area contributed by atoms with Crippen molar-refractivity contribution in [2.24, 2.45) is 0 Å². The Labute approximate surface area is 179 Å². The number of benzene rings is 2. The van der Waals surface area contributed by atoms with Crippen LogP contribution in [0, 0.1) is 27.7 Å². The predicted octanol–water partition coefficient (Wildman–Crippen LogP) is 8.04. The maximum Gasteiger partial charge on any atom is 0.483 e. The smallest absolute Gasteiger partial charge is 0.434 e. The molecule has 2 aromatic carbocycles. The second-order valence-corrected chi connectivity index (χ2v) is 7.06. The Morgan fingerprint density at radius 3 is 1.75 bits per heavy atom. The van der Waals surface area contributed by atoms with Crippen molar-refractivity contribution in [2.75, 3.05) is 0 Å². The topological polar surface area (TPSA) is 26.3 Å². The molecule has 0 saturated carbocycles. The van der Waals surface area contributed by atoms with Gasteiger partial charge in [-0.1, -0.05) is 78.9 Å². The lowest BCUT2D eigenvalue weighted by atomic mass is 10.1. The summed E-state index contributed by atoms with van der Waals surface area (Å²) in [6.45, 7) is 5.16. The third-order valence-corrected chi connectivity index (χ3v) is 4.53. The summed E-state index contributed by atoms with van der Waals surface area (Å²) in [6.07, 6.45) is -2.83. The summed E-state index contributed by atoms with van der Waals surface area (Å²) in [5, 5.41) is 1.47. The average Bonchev–Trinajstić information content (AvgIpc) is 2.56. The number of carbonyl (C=O) groups is 1. The lowest BCUT2D eigenvalue weighted by Crippen LogP contribution is -2.05. The van der Waals surface area contributed by atoms with Crippen molar-refractivity contribution < 1.29 is 27.1 Å². The molecule has 0 heterocycles. The number of halogens is 6. The molecule has 0 aromatic heterocycles. The maximum atomic E-state index is 12.1. The Bertz CT molecular complexity index is 744. The summed E-state index contributed by atoms with van der Waals surface area (Å²) >= 11 is 6.67. The molecule has 0 atom stereocenters. The van der Waals surface area contributed by atoms with Crippen LogP contribution in [0.2, 0.25) is 0 Å². The summed E-state index contributed by atoms with van der Waals surface area (Å²) in [7, 11) is 0. The third kappa shape index (κ3) is 11.4. The van der Waals surface area contributed by atoms with Crippen LogP contribution in [0.4, 0.5) is 22.4 Å². The summed E-state index contributed by atoms with van der Waals surface area (Å²) in [6, 6.07) is 10.2. The molecule has 0 fully saturated rings. The van der Waals surface area contributed by atoms with Crippen molar-refractivity contribution in [1.82, 2.24) is 0 Å². The molecule has 0 aliphatic rings. The van der Waals surface area contributed by atoms with E-state index in [1.54, 1.807) is 6.92 Å². The molecule has 0 saturated heterocycles. The largest absolute Gasteiger partial charge is 0.483 e. The number of alkyl halides is 4. The number of aryl methyl sites for hydroxylation is 4. The van der Waals surface area contributed by atoms with Gasteiger partial charge in [-0.05, 0) is 38.8 Å². The van der Waals surface area contributed by atoms with E-state index in [9.17, 15) is 17.6 Å². The molecule has 156 valence electrons. The van der Waals surface area contributed by atoms with Crippen LogP contribution in [0.25, 0.3) is 0 Å². The van der Waals surface area contributed by atoms with Crippen LogP contribution in [0.15, 0.2) is 30.3 Å². The molecule has 0 unspecified atom stereocenters. The van der Waals surface area contributed by atoms with E-state index < -0.39 is 12.9 Å². The van der Waals surface area contributed by atoms with Gasteiger partial charge in [0.2, 0.25) is 0 Å². The number of carbonyl (C=O) groups excluding carboxylic acids is 1. The molecule has 0 radical (unpaired) electrons. The van der Waals surface area contributed by atoms with E-state index in [4.69, 9.17) is 4.79 Å². The highest BCUT2D eigenvalue weighted by Gasteiger charge is 2.12. The van der Waals surface area contributed by atoms with Crippen LogP contribution >= 0.6 is 31.9 Å². The van der Waals surface area contributed by atoms with Gasteiger partial charge in [0.25, 0.3) is 0 Å². The Morgan fingerprint density at radius 1 is 0.893 bits per heavy atom. The highest BCUT2D eigenvalue weighted by atomic mass is 79.9. The van der Waals surface area contributed by atoms with Crippen LogP contribution in [-0.2, 0) is 10.7 Å². The summed E-state index contributed by atoms with van der Waals surface area (Å²) in [4.78, 5) is 8.11. The van der Waals surface area contributed by atoms with E-state index in [1.807, 2.05) is 19.1 Å². The Kier molecular flexibility index (Phi) is 13.0. The van der Waals surface area contributed by atoms with Crippen molar-refractivity contribution in [1.29, 1.82) is 0 Å². The first-order valence-electron chi connectivity index (χ1n) is 8.09. The monoisotopic (exact) mass is 528 g/mol. The zero-order valence-corrected chi connectivity index (χ0v) is 19.1. The van der Waals surface area contributed by atoms with Gasteiger partial charge in [-0.2, -0.15) is 8.78 Å². The van der Waals surface area contributed by atoms with E-state index in [-0.39, 0.29) is 5.75 Å². The van der Waals surface area contributed by atoms with E-state index in [0.29, 0.717) is 5.33 Å². The Balaban J connectivity index is 0.000000454. The SMILES string of the molecule is Cc1cc(C)c(OC(F)F)c(CBr)c1.Cc1cc(C)cc(CBr)c1.O=C(F)F. The van der Waals surface area contributed by atoms with Crippen molar-refractivity contribution in [3.8, 4) is 5.75 Å². The fourth-order valence-corrected chi connectivity index (χ4v) is 3.29. The minimum absolute atomic E-state index is 0.280. The summed E-state index contributed by atoms with van der Waals surface area (Å²) in [5.41, 5.74) is 6.57. The predicted molar refractivity (Wildman–Crippen MR) is 111 cm³/mol. The van der Waals surface area contributed by atoms with Gasteiger partial charge in [0.05, 0.1) is 0 Å². The zero-order chi connectivity index (χ0) is 21.9. The molecule has 0 amide bonds. The van der Waals surface area contributed by atoms with E-state index in [1.165, 1.54) is 16.7 Å². The quantitative estimate of drug-likeness (QED) is 0.227. The first-order valence-corrected chi connectivity index (χ1v) is 10.3. The minimum atomic E-state index is -2.83. The molecular weight excluding hydrogens is 508 g/mol. The van der Waals surface area contributed by atoms with Gasteiger partial charge in [-0.3, -0.25) is 0 Å². The van der Waals surface area contributed by atoms with Gasteiger partial charge in [0.1, 0.15) is 5.75 Å². The van der Waals surface area contributed by atoms with Gasteiger partial charge in [0.15, 0.2) is 0 Å². The van der Waals surface area contributed by atoms with Gasteiger partial charge in [-0.25, -0.2) is 4.79 Å². The number of rotatable bonds is 4. The molecule has 0 N–H and O–H groups in total. The standard InChI is InChI=1S/C10H11BrF2O.C9H11Br.CF2O/c1-6-3-7(2)9(14-10(12)13)8(4-6)5-11;1-7-3-8(2)5-9(4-7)6-10;2-1(3)4/h3-4,10H,5H2,1-2H3;3-5H,6H2,1-2H3;. The van der Waals surface area contributed by atoms with Crippen LogP contribution in [-0.4, -0.2) is 12.9 Å². The zero-order valence-electron chi connectivity index (χ0n) is 16.0. The second-order valence-electron chi connectivity index (χ2n) is 5.94. The van der Waals surface area contributed by atoms with Crippen LogP contribution < -0.4 is 4.74 Å². The molecule has 2 rings (SSSR count). The van der Waals surface area contributed by atoms with E-state index in [0.717, 1.165) is 22.0 Å². The maximum absolute atomic E-state index is 12.1. The van der Waals surface area contributed by atoms with Crippen molar-refractivity contribution in [3.63, 3.8) is 0 Å². The lowest BCUT2D eigenvalue weighted by Gasteiger charge is -2.12. The molecule has 0 aliphatic carbocycles. The van der Waals surface area contributed by atoms with Gasteiger partial charge < -0.3 is 4.74 Å². The van der Waals surface area contributed by atoms with Crippen molar-refractivity contribution >= 4 is 38.2 Å². The van der Waals surface area contributed by atoms with Crippen LogP contribution in [0.5, 0.6) is 5.75 Å². The molecule has 8 heteroatoms. The summed E-state index contributed by atoms with van der Waals surface area (Å²) < 4.78 is 48.0. The van der Waals surface area contributed by atoms with Crippen molar-refractivity contribution in [2.45, 2.75) is 45.0 Å². The number of ether oxygens (including phenoxy) is 1. The van der Waals surface area contributed by atoms with Gasteiger partial charge in [0, 0.05) is 16.2 Å². The molecule has 0 spiro atoms. The van der Waals surface area contributed by atoms with Gasteiger partial charge >= 0.3 is 12.9 Å². The normalized spacial score (nSPS) is 9.82. The lowest BCUT2D eigenvalue weighted by molar-refractivity contribution is -0.0507. The van der Waals surface area contributed by atoms with Crippen LogP contribution in [0.3, 0.4) is 0 Å². The minimum Gasteiger partial charge on any atom is -0.434 e. The number of hydrogen-bond donors (Lipinski definition) is 0. The fourth-order valence-electron chi connectivity index (χ4n) is 2.55. The highest BCUT2D eigenvalue weighted by Crippen LogP contribution is 2.28. The molecule has 2 aromatic rings. The molecule has 0 bridgehead atoms. The molecular formula is C20H22Br2F4O2.